The van der Waals surface area contributed by atoms with Crippen molar-refractivity contribution in [1.29, 1.82) is 5.41 Å². The average molecular weight is 347 g/mol. The van der Waals surface area contributed by atoms with E-state index in [0.29, 0.717) is 5.69 Å². The van der Waals surface area contributed by atoms with E-state index in [0.717, 1.165) is 6.07 Å². The fraction of sp³-hybridized carbons (Fsp3) is 0.214. The van der Waals surface area contributed by atoms with Gasteiger partial charge in [-0.3, -0.25) is 25.1 Å². The topological polar surface area (TPSA) is 172 Å². The first-order valence-electron chi connectivity index (χ1n) is 7.19. The van der Waals surface area contributed by atoms with Crippen LogP contribution in [0.5, 0.6) is 0 Å². The number of amidine groups is 1. The maximum Gasteiger partial charge on any atom is 0.287 e. The Labute approximate surface area is 141 Å². The SMILES string of the molecule is Cn1cc([N+](=O)[O-])cc1C(=O)Nc1c[nH]c(C(=O)NCCC(=N)N)c1. The standard InChI is InChI=1S/C14H17N7O4/c1-20-7-9(21(24)25)5-11(20)14(23)19-8-4-10(18-6-8)13(22)17-3-2-12(15)16/h4-7,18H,2-3H2,1H3,(H3,15,16)(H,17,22)(H,19,23). The van der Waals surface area contributed by atoms with Crippen molar-refractivity contribution in [3.63, 3.8) is 0 Å². The number of nitrogens with zero attached hydrogens (tertiary/aromatic N) is 2. The molecule has 0 atom stereocenters. The molecule has 0 unspecified atom stereocenters. The Hall–Kier alpha value is -3.63. The van der Waals surface area contributed by atoms with E-state index in [1.54, 1.807) is 0 Å². The van der Waals surface area contributed by atoms with Gasteiger partial charge in [0.25, 0.3) is 17.5 Å². The van der Waals surface area contributed by atoms with Crippen LogP contribution in [0.15, 0.2) is 24.5 Å². The molecule has 2 aromatic heterocycles. The molecule has 11 nitrogen and oxygen atoms in total. The first kappa shape index (κ1) is 17.7. The molecule has 2 amide bonds. The van der Waals surface area contributed by atoms with E-state index >= 15 is 0 Å². The van der Waals surface area contributed by atoms with Crippen LogP contribution in [0.2, 0.25) is 0 Å². The van der Waals surface area contributed by atoms with E-state index in [9.17, 15) is 19.7 Å². The van der Waals surface area contributed by atoms with Crippen LogP contribution in [-0.2, 0) is 7.05 Å². The first-order valence-corrected chi connectivity index (χ1v) is 7.19. The van der Waals surface area contributed by atoms with E-state index in [-0.39, 0.29) is 35.9 Å². The second-order valence-electron chi connectivity index (χ2n) is 5.24. The van der Waals surface area contributed by atoms with Crippen molar-refractivity contribution >= 4 is 29.0 Å². The van der Waals surface area contributed by atoms with Crippen LogP contribution in [0.25, 0.3) is 0 Å². The third kappa shape index (κ3) is 4.43. The summed E-state index contributed by atoms with van der Waals surface area (Å²) in [5, 5.41) is 22.9. The quantitative estimate of drug-likeness (QED) is 0.213. The number of nitro groups is 1. The molecule has 0 aliphatic heterocycles. The van der Waals surface area contributed by atoms with Gasteiger partial charge in [0.2, 0.25) is 0 Å². The molecule has 11 heteroatoms. The number of carbonyl (C=O) groups is 2. The minimum Gasteiger partial charge on any atom is -0.388 e. The highest BCUT2D eigenvalue weighted by molar-refractivity contribution is 6.04. The summed E-state index contributed by atoms with van der Waals surface area (Å²) in [4.78, 5) is 36.9. The second kappa shape index (κ2) is 7.29. The lowest BCUT2D eigenvalue weighted by Crippen LogP contribution is -2.27. The molecule has 0 saturated carbocycles. The number of amides is 2. The summed E-state index contributed by atoms with van der Waals surface area (Å²) >= 11 is 0. The molecule has 0 aliphatic carbocycles. The summed E-state index contributed by atoms with van der Waals surface area (Å²) < 4.78 is 1.34. The Balaban J connectivity index is 2.01. The Morgan fingerprint density at radius 3 is 2.72 bits per heavy atom. The summed E-state index contributed by atoms with van der Waals surface area (Å²) in [5.41, 5.74) is 5.68. The molecule has 25 heavy (non-hydrogen) atoms. The molecule has 2 aromatic rings. The molecule has 2 rings (SSSR count). The highest BCUT2D eigenvalue weighted by atomic mass is 16.6. The molecule has 0 spiro atoms. The summed E-state index contributed by atoms with van der Waals surface area (Å²) in [6.45, 7) is 0.224. The number of aryl methyl sites for hydroxylation is 1. The maximum absolute atomic E-state index is 12.2. The van der Waals surface area contributed by atoms with Gasteiger partial charge in [-0.15, -0.1) is 0 Å². The Kier molecular flexibility index (Phi) is 5.17. The van der Waals surface area contributed by atoms with E-state index < -0.39 is 16.7 Å². The molecule has 6 N–H and O–H groups in total. The number of nitrogens with one attached hydrogen (secondary N) is 4. The van der Waals surface area contributed by atoms with Crippen LogP contribution < -0.4 is 16.4 Å². The van der Waals surface area contributed by atoms with Crippen molar-refractivity contribution in [2.45, 2.75) is 6.42 Å². The molecule has 0 saturated heterocycles. The molecule has 0 aromatic carbocycles. The van der Waals surface area contributed by atoms with Crippen molar-refractivity contribution < 1.29 is 14.5 Å². The predicted molar refractivity (Wildman–Crippen MR) is 89.7 cm³/mol. The van der Waals surface area contributed by atoms with Crippen molar-refractivity contribution in [2.75, 3.05) is 11.9 Å². The molecular weight excluding hydrogens is 330 g/mol. The number of hydrogen-bond donors (Lipinski definition) is 5. The Morgan fingerprint density at radius 1 is 1.40 bits per heavy atom. The third-order valence-corrected chi connectivity index (χ3v) is 3.30. The molecule has 0 aliphatic rings. The Morgan fingerprint density at radius 2 is 2.12 bits per heavy atom. The van der Waals surface area contributed by atoms with Crippen molar-refractivity contribution in [1.82, 2.24) is 14.9 Å². The van der Waals surface area contributed by atoms with Crippen molar-refractivity contribution in [3.05, 3.63) is 46.0 Å². The van der Waals surface area contributed by atoms with E-state index in [4.69, 9.17) is 11.1 Å². The van der Waals surface area contributed by atoms with Crippen molar-refractivity contribution in [2.24, 2.45) is 12.8 Å². The fourth-order valence-corrected chi connectivity index (χ4v) is 2.07. The summed E-state index contributed by atoms with van der Waals surface area (Å²) in [7, 11) is 1.52. The lowest BCUT2D eigenvalue weighted by Gasteiger charge is -2.03. The number of rotatable bonds is 7. The largest absolute Gasteiger partial charge is 0.388 e. The zero-order valence-corrected chi connectivity index (χ0v) is 13.3. The molecular formula is C14H17N7O4. The lowest BCUT2D eigenvalue weighted by atomic mass is 10.3. The van der Waals surface area contributed by atoms with Gasteiger partial charge in [0, 0.05) is 32.3 Å². The van der Waals surface area contributed by atoms with Gasteiger partial charge in [0.1, 0.15) is 11.4 Å². The van der Waals surface area contributed by atoms with Gasteiger partial charge in [0.05, 0.1) is 22.6 Å². The molecule has 2 heterocycles. The van der Waals surface area contributed by atoms with Crippen LogP contribution in [0.1, 0.15) is 27.4 Å². The normalized spacial score (nSPS) is 10.3. The number of carbonyl (C=O) groups excluding carboxylic acids is 2. The minimum absolute atomic E-state index is 0.0311. The lowest BCUT2D eigenvalue weighted by molar-refractivity contribution is -0.384. The number of aromatic nitrogens is 2. The van der Waals surface area contributed by atoms with Crippen LogP contribution >= 0.6 is 0 Å². The van der Waals surface area contributed by atoms with E-state index in [1.807, 2.05) is 0 Å². The van der Waals surface area contributed by atoms with Gasteiger partial charge in [-0.1, -0.05) is 0 Å². The maximum atomic E-state index is 12.2. The van der Waals surface area contributed by atoms with Gasteiger partial charge in [0.15, 0.2) is 0 Å². The third-order valence-electron chi connectivity index (χ3n) is 3.30. The van der Waals surface area contributed by atoms with E-state index in [2.05, 4.69) is 15.6 Å². The highest BCUT2D eigenvalue weighted by Crippen LogP contribution is 2.17. The fourth-order valence-electron chi connectivity index (χ4n) is 2.07. The van der Waals surface area contributed by atoms with Crippen LogP contribution in [0.4, 0.5) is 11.4 Å². The van der Waals surface area contributed by atoms with Crippen LogP contribution in [0, 0.1) is 15.5 Å². The molecule has 0 radical (unpaired) electrons. The number of nitrogens with two attached hydrogens (primary N) is 1. The zero-order chi connectivity index (χ0) is 18.6. The second-order valence-corrected chi connectivity index (χ2v) is 5.24. The monoisotopic (exact) mass is 347 g/mol. The molecule has 132 valence electrons. The van der Waals surface area contributed by atoms with Gasteiger partial charge in [-0.2, -0.15) is 0 Å². The van der Waals surface area contributed by atoms with Crippen molar-refractivity contribution in [3.8, 4) is 0 Å². The van der Waals surface area contributed by atoms with Crippen LogP contribution in [-0.4, -0.2) is 38.7 Å². The first-order chi connectivity index (χ1) is 11.8. The number of aromatic amines is 1. The molecule has 0 fully saturated rings. The number of hydrogen-bond acceptors (Lipinski definition) is 5. The minimum atomic E-state index is -0.587. The summed E-state index contributed by atoms with van der Waals surface area (Å²) in [5.74, 6) is -0.981. The van der Waals surface area contributed by atoms with E-state index in [1.165, 1.54) is 30.1 Å². The summed E-state index contributed by atoms with van der Waals surface area (Å²) in [6.07, 6.45) is 2.90. The van der Waals surface area contributed by atoms with Gasteiger partial charge < -0.3 is 25.9 Å². The highest BCUT2D eigenvalue weighted by Gasteiger charge is 2.18. The Bertz CT molecular complexity index is 836. The van der Waals surface area contributed by atoms with Gasteiger partial charge >= 0.3 is 0 Å². The smallest absolute Gasteiger partial charge is 0.287 e. The van der Waals surface area contributed by atoms with Gasteiger partial charge in [-0.05, 0) is 6.07 Å². The average Bonchev–Trinajstić information content (AvgIpc) is 3.13. The summed E-state index contributed by atoms with van der Waals surface area (Å²) in [6, 6.07) is 2.59. The zero-order valence-electron chi connectivity index (χ0n) is 13.3. The van der Waals surface area contributed by atoms with Gasteiger partial charge in [-0.25, -0.2) is 0 Å². The van der Waals surface area contributed by atoms with Crippen LogP contribution in [0.3, 0.4) is 0 Å². The number of anilines is 1. The molecule has 0 bridgehead atoms. The number of H-pyrrole nitrogens is 1. The predicted octanol–water partition coefficient (Wildman–Crippen LogP) is 0.570.